The first-order valence-corrected chi connectivity index (χ1v) is 9.09. The number of hydrogen-bond acceptors (Lipinski definition) is 4. The van der Waals surface area contributed by atoms with Gasteiger partial charge in [0.25, 0.3) is 5.91 Å². The summed E-state index contributed by atoms with van der Waals surface area (Å²) in [6.07, 6.45) is 8.86. The summed E-state index contributed by atoms with van der Waals surface area (Å²) in [6.45, 7) is 0.473. The Kier molecular flexibility index (Phi) is 4.16. The van der Waals surface area contributed by atoms with E-state index >= 15 is 0 Å². The first kappa shape index (κ1) is 16.7. The van der Waals surface area contributed by atoms with Crippen molar-refractivity contribution < 1.29 is 14.3 Å². The van der Waals surface area contributed by atoms with Gasteiger partial charge in [0, 0.05) is 12.6 Å². The number of rotatable bonds is 7. The van der Waals surface area contributed by atoms with Crippen LogP contribution >= 0.6 is 11.6 Å². The number of allylic oxidation sites excluding steroid dienone is 1. The highest BCUT2D eigenvalue weighted by Gasteiger charge is 2.60. The second-order valence-electron chi connectivity index (χ2n) is 7.46. The van der Waals surface area contributed by atoms with E-state index in [9.17, 15) is 4.79 Å². The van der Waals surface area contributed by atoms with Crippen molar-refractivity contribution in [3.63, 3.8) is 0 Å². The highest BCUT2D eigenvalue weighted by Crippen LogP contribution is 2.68. The van der Waals surface area contributed by atoms with E-state index in [4.69, 9.17) is 26.8 Å². The number of primary amides is 1. The molecule has 0 aliphatic heterocycles. The molecule has 2 saturated carbocycles. The molecule has 3 N–H and O–H groups in total. The zero-order valence-corrected chi connectivity index (χ0v) is 15.0. The Hall–Kier alpha value is -1.72. The van der Waals surface area contributed by atoms with E-state index in [1.165, 1.54) is 19.3 Å². The molecule has 2 fully saturated rings. The number of ether oxygens (including phenoxy) is 2. The van der Waals surface area contributed by atoms with Crippen molar-refractivity contribution in [3.05, 3.63) is 34.9 Å². The zero-order chi connectivity index (χ0) is 17.6. The average Bonchev–Trinajstić information content (AvgIpc) is 3.14. The van der Waals surface area contributed by atoms with Crippen LogP contribution in [-0.4, -0.2) is 25.7 Å². The highest BCUT2D eigenvalue weighted by molar-refractivity contribution is 6.32. The lowest BCUT2D eigenvalue weighted by atomic mass is 9.85. The largest absolute Gasteiger partial charge is 0.493 e. The maximum atomic E-state index is 10.9. The second kappa shape index (κ2) is 6.22. The zero-order valence-electron chi connectivity index (χ0n) is 14.3. The van der Waals surface area contributed by atoms with Gasteiger partial charge in [-0.05, 0) is 54.2 Å². The molecule has 1 aromatic rings. The molecule has 0 radical (unpaired) electrons. The number of benzene rings is 1. The molecule has 3 aliphatic rings. The number of carbonyl (C=O) groups is 1. The van der Waals surface area contributed by atoms with Gasteiger partial charge in [0.05, 0.1) is 12.1 Å². The van der Waals surface area contributed by atoms with Crippen LogP contribution in [0.5, 0.6) is 11.5 Å². The number of halogens is 1. The molecule has 6 heteroatoms. The summed E-state index contributed by atoms with van der Waals surface area (Å²) in [6, 6.07) is 4.15. The van der Waals surface area contributed by atoms with Crippen LogP contribution in [-0.2, 0) is 11.3 Å². The monoisotopic (exact) mass is 362 g/mol. The van der Waals surface area contributed by atoms with Crippen LogP contribution in [0.15, 0.2) is 24.3 Å². The topological polar surface area (TPSA) is 73.6 Å². The first-order valence-electron chi connectivity index (χ1n) is 8.71. The molecule has 4 rings (SSSR count). The van der Waals surface area contributed by atoms with Crippen molar-refractivity contribution in [1.82, 2.24) is 5.32 Å². The van der Waals surface area contributed by atoms with Crippen LogP contribution in [0.1, 0.15) is 24.8 Å². The van der Waals surface area contributed by atoms with Crippen molar-refractivity contribution >= 4 is 17.5 Å². The molecule has 4 atom stereocenters. The van der Waals surface area contributed by atoms with Gasteiger partial charge >= 0.3 is 0 Å². The fourth-order valence-electron chi connectivity index (χ4n) is 4.53. The number of nitrogens with one attached hydrogen (secondary N) is 1. The van der Waals surface area contributed by atoms with Gasteiger partial charge in [0.1, 0.15) is 0 Å². The second-order valence-corrected chi connectivity index (χ2v) is 7.87. The lowest BCUT2D eigenvalue weighted by Gasteiger charge is -2.28. The number of nitrogens with two attached hydrogens (primary N) is 1. The standard InChI is InChI=1S/C19H23ClN2O3/c1-24-16-5-11(4-14(20)18(16)25-10-17(21)23)9-22-15-2-3-19-7-12(15)6-13(19)8-19/h2-5,12-13,15,22H,6-10H2,1H3,(H2,21,23). The van der Waals surface area contributed by atoms with Gasteiger partial charge in [0.2, 0.25) is 0 Å². The molecule has 5 nitrogen and oxygen atoms in total. The minimum atomic E-state index is -0.555. The van der Waals surface area contributed by atoms with Crippen molar-refractivity contribution in [2.24, 2.45) is 23.0 Å². The van der Waals surface area contributed by atoms with Crippen LogP contribution in [0.4, 0.5) is 0 Å². The van der Waals surface area contributed by atoms with E-state index in [1.807, 2.05) is 12.1 Å². The van der Waals surface area contributed by atoms with Gasteiger partial charge in [-0.15, -0.1) is 0 Å². The molecule has 4 unspecified atom stereocenters. The smallest absolute Gasteiger partial charge is 0.255 e. The van der Waals surface area contributed by atoms with E-state index in [0.29, 0.717) is 34.5 Å². The minimum Gasteiger partial charge on any atom is -0.493 e. The lowest BCUT2D eigenvalue weighted by molar-refractivity contribution is -0.119. The van der Waals surface area contributed by atoms with Gasteiger partial charge < -0.3 is 20.5 Å². The highest BCUT2D eigenvalue weighted by atomic mass is 35.5. The predicted octanol–water partition coefficient (Wildman–Crippen LogP) is 2.66. The summed E-state index contributed by atoms with van der Waals surface area (Å²) in [5.41, 5.74) is 6.70. The third-order valence-electron chi connectivity index (χ3n) is 5.84. The summed E-state index contributed by atoms with van der Waals surface area (Å²) in [7, 11) is 1.55. The van der Waals surface area contributed by atoms with Crippen molar-refractivity contribution in [2.75, 3.05) is 13.7 Å². The van der Waals surface area contributed by atoms with Gasteiger partial charge in [-0.1, -0.05) is 23.8 Å². The molecular weight excluding hydrogens is 340 g/mol. The van der Waals surface area contributed by atoms with Crippen molar-refractivity contribution in [3.8, 4) is 11.5 Å². The van der Waals surface area contributed by atoms with Crippen LogP contribution in [0.2, 0.25) is 5.02 Å². The van der Waals surface area contributed by atoms with Gasteiger partial charge in [0.15, 0.2) is 18.1 Å². The number of amides is 1. The molecular formula is C19H23ClN2O3. The van der Waals surface area contributed by atoms with E-state index in [1.54, 1.807) is 7.11 Å². The van der Waals surface area contributed by atoms with E-state index in [2.05, 4.69) is 17.5 Å². The fourth-order valence-corrected chi connectivity index (χ4v) is 4.82. The number of hydrogen-bond donors (Lipinski definition) is 2. The number of carbonyl (C=O) groups excluding carboxylic acids is 1. The number of fused-ring (bicyclic) bond motifs is 1. The Morgan fingerprint density at radius 2 is 2.28 bits per heavy atom. The predicted molar refractivity (Wildman–Crippen MR) is 95.7 cm³/mol. The van der Waals surface area contributed by atoms with Crippen LogP contribution in [0.3, 0.4) is 0 Å². The summed E-state index contributed by atoms with van der Waals surface area (Å²) in [5, 5.41) is 4.05. The summed E-state index contributed by atoms with van der Waals surface area (Å²) in [4.78, 5) is 10.9. The SMILES string of the molecule is COc1cc(CNC2C=CC34CC2CC3C4)cc(Cl)c1OCC(N)=O. The minimum absolute atomic E-state index is 0.231. The third kappa shape index (κ3) is 3.11. The van der Waals surface area contributed by atoms with Gasteiger partial charge in [-0.2, -0.15) is 0 Å². The van der Waals surface area contributed by atoms with Crippen LogP contribution in [0.25, 0.3) is 0 Å². The van der Waals surface area contributed by atoms with Crippen LogP contribution < -0.4 is 20.5 Å². The van der Waals surface area contributed by atoms with Crippen molar-refractivity contribution in [2.45, 2.75) is 31.8 Å². The van der Waals surface area contributed by atoms with E-state index in [-0.39, 0.29) is 6.61 Å². The maximum absolute atomic E-state index is 10.9. The average molecular weight is 363 g/mol. The van der Waals surface area contributed by atoms with Gasteiger partial charge in [-0.25, -0.2) is 0 Å². The molecule has 1 spiro atoms. The molecule has 2 bridgehead atoms. The normalized spacial score (nSPS) is 31.5. The molecule has 0 heterocycles. The van der Waals surface area contributed by atoms with Crippen LogP contribution in [0, 0.1) is 17.3 Å². The number of methoxy groups -OCH3 is 1. The van der Waals surface area contributed by atoms with Crippen molar-refractivity contribution in [1.29, 1.82) is 0 Å². The Morgan fingerprint density at radius 3 is 3.04 bits per heavy atom. The molecule has 25 heavy (non-hydrogen) atoms. The summed E-state index contributed by atoms with van der Waals surface area (Å²) < 4.78 is 10.7. The molecule has 134 valence electrons. The van der Waals surface area contributed by atoms with E-state index < -0.39 is 5.91 Å². The quantitative estimate of drug-likeness (QED) is 0.731. The molecule has 0 saturated heterocycles. The Balaban J connectivity index is 1.43. The molecule has 0 aromatic heterocycles. The van der Waals surface area contributed by atoms with E-state index in [0.717, 1.165) is 17.4 Å². The molecule has 1 aromatic carbocycles. The first-order chi connectivity index (χ1) is 12.0. The summed E-state index contributed by atoms with van der Waals surface area (Å²) in [5.74, 6) is 1.98. The van der Waals surface area contributed by atoms with Gasteiger partial charge in [-0.3, -0.25) is 4.79 Å². The lowest BCUT2D eigenvalue weighted by Crippen LogP contribution is -2.35. The molecule has 3 aliphatic carbocycles. The molecule has 1 amide bonds. The third-order valence-corrected chi connectivity index (χ3v) is 6.12. The Bertz CT molecular complexity index is 736. The fraction of sp³-hybridized carbons (Fsp3) is 0.526. The Morgan fingerprint density at radius 1 is 1.44 bits per heavy atom. The Labute approximate surface area is 152 Å². The maximum Gasteiger partial charge on any atom is 0.255 e. The summed E-state index contributed by atoms with van der Waals surface area (Å²) >= 11 is 6.31.